The van der Waals surface area contributed by atoms with Gasteiger partial charge in [-0.15, -0.1) is 0 Å². The zero-order chi connectivity index (χ0) is 20.3. The van der Waals surface area contributed by atoms with Crippen LogP contribution in [0.5, 0.6) is 0 Å². The van der Waals surface area contributed by atoms with Gasteiger partial charge in [0.2, 0.25) is 5.91 Å². The Hall–Kier alpha value is -2.55. The van der Waals surface area contributed by atoms with Crippen molar-refractivity contribution < 1.29 is 33.0 Å². The first-order chi connectivity index (χ1) is 13.4. The molecule has 0 saturated carbocycles. The summed E-state index contributed by atoms with van der Waals surface area (Å²) < 4.78 is 32.2. The molecule has 2 amide bonds. The molecule has 1 N–H and O–H groups in total. The van der Waals surface area contributed by atoms with Crippen molar-refractivity contribution in [1.82, 2.24) is 9.80 Å². The van der Waals surface area contributed by atoms with Crippen molar-refractivity contribution in [1.29, 1.82) is 0 Å². The number of ether oxygens (including phenoxy) is 1. The molecule has 2 fully saturated rings. The van der Waals surface area contributed by atoms with E-state index < -0.39 is 29.6 Å². The van der Waals surface area contributed by atoms with Crippen LogP contribution >= 0.6 is 0 Å². The molecule has 2 heterocycles. The zero-order valence-electron chi connectivity index (χ0n) is 15.3. The number of piperidine rings is 1. The molecule has 9 heteroatoms. The first-order valence-corrected chi connectivity index (χ1v) is 9.21. The van der Waals surface area contributed by atoms with Crippen molar-refractivity contribution in [3.05, 3.63) is 35.4 Å². The number of nitrogens with zero attached hydrogens (tertiary/aromatic N) is 2. The Morgan fingerprint density at radius 2 is 1.86 bits per heavy atom. The van der Waals surface area contributed by atoms with Crippen LogP contribution in [-0.2, 0) is 14.3 Å². The Morgan fingerprint density at radius 1 is 1.14 bits per heavy atom. The lowest BCUT2D eigenvalue weighted by atomic mass is 9.93. The Labute approximate surface area is 160 Å². The maximum atomic E-state index is 13.8. The minimum absolute atomic E-state index is 0.130. The summed E-state index contributed by atoms with van der Waals surface area (Å²) in [6.07, 6.45) is 0.641. The van der Waals surface area contributed by atoms with E-state index in [0.29, 0.717) is 32.1 Å². The number of benzene rings is 1. The van der Waals surface area contributed by atoms with Gasteiger partial charge in [0.25, 0.3) is 5.91 Å². The summed E-state index contributed by atoms with van der Waals surface area (Å²) in [7, 11) is 0. The van der Waals surface area contributed by atoms with Crippen molar-refractivity contribution in [3.8, 4) is 0 Å². The van der Waals surface area contributed by atoms with Crippen LogP contribution in [0.2, 0.25) is 0 Å². The summed E-state index contributed by atoms with van der Waals surface area (Å²) in [6, 6.07) is 2.33. The van der Waals surface area contributed by atoms with Crippen molar-refractivity contribution in [2.75, 3.05) is 32.8 Å². The third-order valence-corrected chi connectivity index (χ3v) is 5.21. The number of hydrogen-bond acceptors (Lipinski definition) is 4. The molecule has 1 aromatic rings. The summed E-state index contributed by atoms with van der Waals surface area (Å²) in [6.45, 7) is 1.46. The second-order valence-electron chi connectivity index (χ2n) is 7.05. The van der Waals surface area contributed by atoms with E-state index in [-0.39, 0.29) is 43.5 Å². The predicted molar refractivity (Wildman–Crippen MR) is 93.6 cm³/mol. The fourth-order valence-electron chi connectivity index (χ4n) is 3.71. The summed E-state index contributed by atoms with van der Waals surface area (Å²) in [4.78, 5) is 39.4. The van der Waals surface area contributed by atoms with Gasteiger partial charge >= 0.3 is 5.97 Å². The lowest BCUT2D eigenvalue weighted by molar-refractivity contribution is -0.150. The number of halogens is 2. The smallest absolute Gasteiger partial charge is 0.305 e. The first kappa shape index (κ1) is 20.2. The van der Waals surface area contributed by atoms with E-state index in [2.05, 4.69) is 0 Å². The fraction of sp³-hybridized carbons (Fsp3) is 0.526. The molecule has 1 aromatic carbocycles. The van der Waals surface area contributed by atoms with Crippen LogP contribution in [0.1, 0.15) is 29.6 Å². The molecular formula is C19H22F2N2O5. The number of aliphatic carboxylic acids is 1. The van der Waals surface area contributed by atoms with Gasteiger partial charge in [0, 0.05) is 31.6 Å². The van der Waals surface area contributed by atoms with Gasteiger partial charge in [0.15, 0.2) is 0 Å². The topological polar surface area (TPSA) is 87.2 Å². The normalized spacial score (nSPS) is 20.9. The van der Waals surface area contributed by atoms with Crippen LogP contribution in [0.3, 0.4) is 0 Å². The molecular weight excluding hydrogens is 374 g/mol. The number of carboxylic acids is 1. The van der Waals surface area contributed by atoms with Gasteiger partial charge in [-0.1, -0.05) is 0 Å². The molecule has 28 heavy (non-hydrogen) atoms. The number of hydrogen-bond donors (Lipinski definition) is 1. The van der Waals surface area contributed by atoms with E-state index in [4.69, 9.17) is 9.84 Å². The molecule has 0 aliphatic carbocycles. The molecule has 1 unspecified atom stereocenters. The molecule has 1 atom stereocenters. The average Bonchev–Trinajstić information content (AvgIpc) is 2.67. The summed E-state index contributed by atoms with van der Waals surface area (Å²) in [5, 5.41) is 9.03. The Bertz CT molecular complexity index is 765. The zero-order valence-corrected chi connectivity index (χ0v) is 15.3. The summed E-state index contributed by atoms with van der Waals surface area (Å²) in [5.74, 6) is -3.63. The van der Waals surface area contributed by atoms with Gasteiger partial charge in [0.05, 0.1) is 31.2 Å². The van der Waals surface area contributed by atoms with Crippen molar-refractivity contribution >= 4 is 17.8 Å². The molecule has 0 aromatic heterocycles. The van der Waals surface area contributed by atoms with Gasteiger partial charge < -0.3 is 19.6 Å². The molecule has 2 aliphatic heterocycles. The quantitative estimate of drug-likeness (QED) is 0.834. The second kappa shape index (κ2) is 8.64. The maximum Gasteiger partial charge on any atom is 0.305 e. The fourth-order valence-corrected chi connectivity index (χ4v) is 3.71. The monoisotopic (exact) mass is 396 g/mol. The molecule has 7 nitrogen and oxygen atoms in total. The van der Waals surface area contributed by atoms with E-state index >= 15 is 0 Å². The largest absolute Gasteiger partial charge is 0.481 e. The highest BCUT2D eigenvalue weighted by Crippen LogP contribution is 2.24. The molecule has 2 aliphatic rings. The lowest BCUT2D eigenvalue weighted by Crippen LogP contribution is -2.53. The highest BCUT2D eigenvalue weighted by Gasteiger charge is 2.35. The second-order valence-corrected chi connectivity index (χ2v) is 7.05. The maximum absolute atomic E-state index is 13.8. The van der Waals surface area contributed by atoms with Gasteiger partial charge in [0.1, 0.15) is 11.6 Å². The third kappa shape index (κ3) is 4.46. The molecule has 0 radical (unpaired) electrons. The highest BCUT2D eigenvalue weighted by atomic mass is 19.1. The van der Waals surface area contributed by atoms with Crippen molar-refractivity contribution in [2.45, 2.75) is 25.3 Å². The van der Waals surface area contributed by atoms with E-state index in [1.165, 1.54) is 4.90 Å². The number of rotatable bonds is 4. The lowest BCUT2D eigenvalue weighted by Gasteiger charge is -2.39. The van der Waals surface area contributed by atoms with Crippen molar-refractivity contribution in [3.63, 3.8) is 0 Å². The first-order valence-electron chi connectivity index (χ1n) is 9.21. The Morgan fingerprint density at radius 3 is 2.50 bits per heavy atom. The van der Waals surface area contributed by atoms with Crippen molar-refractivity contribution in [2.24, 2.45) is 5.92 Å². The van der Waals surface area contributed by atoms with E-state index in [9.17, 15) is 23.2 Å². The highest BCUT2D eigenvalue weighted by molar-refractivity contribution is 5.94. The Kier molecular flexibility index (Phi) is 6.23. The number of carbonyl (C=O) groups excluding carboxylic acids is 2. The third-order valence-electron chi connectivity index (χ3n) is 5.21. The Balaban J connectivity index is 1.60. The standard InChI is InChI=1S/C19H22F2N2O5/c20-13-1-2-15(16(21)9-13)19(27)22-5-3-12(4-6-22)18(26)23-7-8-28-11-14(23)10-17(24)25/h1-2,9,12,14H,3-8,10-11H2,(H,24,25). The van der Waals surface area contributed by atoms with Crippen LogP contribution in [0.15, 0.2) is 18.2 Å². The predicted octanol–water partition coefficient (Wildman–Crippen LogP) is 1.52. The summed E-state index contributed by atoms with van der Waals surface area (Å²) >= 11 is 0. The molecule has 3 rings (SSSR count). The number of morpholine rings is 1. The molecule has 0 spiro atoms. The van der Waals surface area contributed by atoms with Crippen LogP contribution in [0.4, 0.5) is 8.78 Å². The van der Waals surface area contributed by atoms with Gasteiger partial charge in [-0.25, -0.2) is 8.78 Å². The van der Waals surface area contributed by atoms with E-state index in [1.807, 2.05) is 0 Å². The van der Waals surface area contributed by atoms with Crippen LogP contribution in [-0.4, -0.2) is 71.6 Å². The molecule has 2 saturated heterocycles. The van der Waals surface area contributed by atoms with Gasteiger partial charge in [-0.2, -0.15) is 0 Å². The van der Waals surface area contributed by atoms with Crippen LogP contribution in [0.25, 0.3) is 0 Å². The number of carbonyl (C=O) groups is 3. The summed E-state index contributed by atoms with van der Waals surface area (Å²) in [5.41, 5.74) is -0.194. The van der Waals surface area contributed by atoms with Gasteiger partial charge in [-0.05, 0) is 25.0 Å². The average molecular weight is 396 g/mol. The van der Waals surface area contributed by atoms with Crippen LogP contribution in [0, 0.1) is 17.6 Å². The minimum atomic E-state index is -0.991. The molecule has 152 valence electrons. The van der Waals surface area contributed by atoms with Crippen LogP contribution < -0.4 is 0 Å². The number of likely N-dealkylation sites (tertiary alicyclic amines) is 1. The van der Waals surface area contributed by atoms with E-state index in [1.54, 1.807) is 4.90 Å². The number of carboxylic acid groups (broad SMARTS) is 1. The number of amides is 2. The molecule has 0 bridgehead atoms. The minimum Gasteiger partial charge on any atom is -0.481 e. The SMILES string of the molecule is O=C(O)CC1COCCN1C(=O)C1CCN(C(=O)c2ccc(F)cc2F)CC1. The van der Waals surface area contributed by atoms with E-state index in [0.717, 1.165) is 12.1 Å². The van der Waals surface area contributed by atoms with Gasteiger partial charge in [-0.3, -0.25) is 14.4 Å².